The van der Waals surface area contributed by atoms with Gasteiger partial charge in [0.15, 0.2) is 0 Å². The fourth-order valence-electron chi connectivity index (χ4n) is 4.32. The summed E-state index contributed by atoms with van der Waals surface area (Å²) in [7, 11) is 0. The summed E-state index contributed by atoms with van der Waals surface area (Å²) in [6.07, 6.45) is 0.832. The Kier molecular flexibility index (Phi) is 5.05. The number of rotatable bonds is 4. The van der Waals surface area contributed by atoms with E-state index >= 15 is 0 Å². The molecular formula is C22H25N3O3. The van der Waals surface area contributed by atoms with Gasteiger partial charge in [0, 0.05) is 38.0 Å². The summed E-state index contributed by atoms with van der Waals surface area (Å²) >= 11 is 0. The molecule has 2 fully saturated rings. The predicted octanol–water partition coefficient (Wildman–Crippen LogP) is 2.42. The molecule has 2 aromatic carbocycles. The highest BCUT2D eigenvalue weighted by molar-refractivity contribution is 5.95. The van der Waals surface area contributed by atoms with Crippen LogP contribution >= 0.6 is 0 Å². The van der Waals surface area contributed by atoms with Crippen molar-refractivity contribution in [2.75, 3.05) is 26.2 Å². The molecule has 6 heteroatoms. The van der Waals surface area contributed by atoms with E-state index in [1.165, 1.54) is 0 Å². The fourth-order valence-corrected chi connectivity index (χ4v) is 4.32. The van der Waals surface area contributed by atoms with Crippen molar-refractivity contribution < 1.29 is 14.3 Å². The molecular weight excluding hydrogens is 354 g/mol. The number of carbonyl (C=O) groups is 2. The molecule has 2 aromatic rings. The molecule has 146 valence electrons. The van der Waals surface area contributed by atoms with Gasteiger partial charge in [0.2, 0.25) is 5.91 Å². The van der Waals surface area contributed by atoms with Gasteiger partial charge < -0.3 is 20.3 Å². The number of amides is 2. The lowest BCUT2D eigenvalue weighted by atomic mass is 9.81. The Bertz CT molecular complexity index is 870. The number of fused-ring (bicyclic) bond motifs is 1. The summed E-state index contributed by atoms with van der Waals surface area (Å²) in [5, 5.41) is 6.52. The van der Waals surface area contributed by atoms with E-state index in [1.807, 2.05) is 53.4 Å². The summed E-state index contributed by atoms with van der Waals surface area (Å²) in [5.41, 5.74) is 0.267. The van der Waals surface area contributed by atoms with E-state index < -0.39 is 0 Å². The largest absolute Gasteiger partial charge is 0.457 e. The fraction of sp³-hybridized carbons (Fsp3) is 0.364. The minimum absolute atomic E-state index is 0.0300. The molecule has 0 aromatic heterocycles. The molecule has 0 spiro atoms. The van der Waals surface area contributed by atoms with E-state index in [2.05, 4.69) is 10.6 Å². The van der Waals surface area contributed by atoms with Gasteiger partial charge >= 0.3 is 0 Å². The van der Waals surface area contributed by atoms with Gasteiger partial charge in [-0.05, 0) is 43.3 Å². The number of nitrogens with zero attached hydrogens (tertiary/aromatic N) is 1. The number of likely N-dealkylation sites (tertiary alicyclic amines) is 1. The maximum Gasteiger partial charge on any atom is 0.254 e. The van der Waals surface area contributed by atoms with Crippen LogP contribution in [0.4, 0.5) is 0 Å². The van der Waals surface area contributed by atoms with E-state index in [4.69, 9.17) is 4.74 Å². The lowest BCUT2D eigenvalue weighted by molar-refractivity contribution is -0.121. The average Bonchev–Trinajstić information content (AvgIpc) is 3.07. The normalized spacial score (nSPS) is 23.8. The Morgan fingerprint density at radius 1 is 1.14 bits per heavy atom. The third-order valence-electron chi connectivity index (χ3n) is 5.61. The van der Waals surface area contributed by atoms with Crippen LogP contribution in [-0.2, 0) is 4.79 Å². The molecule has 0 radical (unpaired) electrons. The lowest BCUT2D eigenvalue weighted by Crippen LogP contribution is -2.60. The number of ether oxygens (including phenoxy) is 1. The van der Waals surface area contributed by atoms with Crippen LogP contribution in [0.25, 0.3) is 0 Å². The van der Waals surface area contributed by atoms with E-state index in [0.29, 0.717) is 24.4 Å². The van der Waals surface area contributed by atoms with Crippen LogP contribution in [-0.4, -0.2) is 48.4 Å². The van der Waals surface area contributed by atoms with Crippen molar-refractivity contribution in [2.45, 2.75) is 18.9 Å². The van der Waals surface area contributed by atoms with Crippen molar-refractivity contribution in [2.24, 2.45) is 5.92 Å². The summed E-state index contributed by atoms with van der Waals surface area (Å²) in [6, 6.07) is 16.8. The van der Waals surface area contributed by atoms with Crippen molar-refractivity contribution in [3.8, 4) is 11.5 Å². The second kappa shape index (κ2) is 7.64. The Morgan fingerprint density at radius 3 is 2.71 bits per heavy atom. The second-order valence-corrected chi connectivity index (χ2v) is 7.62. The summed E-state index contributed by atoms with van der Waals surface area (Å²) < 4.78 is 5.86. The highest BCUT2D eigenvalue weighted by Gasteiger charge is 2.49. The molecule has 4 rings (SSSR count). The SMILES string of the molecule is CC(=O)N[C@@]12CCNC[C@@H]1CN(C(=O)c1cccc(Oc3ccccc3)c1)C2. The van der Waals surface area contributed by atoms with Gasteiger partial charge in [-0.3, -0.25) is 9.59 Å². The second-order valence-electron chi connectivity index (χ2n) is 7.62. The Hall–Kier alpha value is -2.86. The quantitative estimate of drug-likeness (QED) is 0.856. The van der Waals surface area contributed by atoms with Crippen LogP contribution in [0.3, 0.4) is 0 Å². The first-order valence-electron chi connectivity index (χ1n) is 9.67. The molecule has 28 heavy (non-hydrogen) atoms. The summed E-state index contributed by atoms with van der Waals surface area (Å²) in [6.45, 7) is 4.38. The van der Waals surface area contributed by atoms with Crippen LogP contribution in [0.2, 0.25) is 0 Å². The number of nitrogens with one attached hydrogen (secondary N) is 2. The molecule has 2 atom stereocenters. The van der Waals surface area contributed by atoms with Gasteiger partial charge in [-0.2, -0.15) is 0 Å². The van der Waals surface area contributed by atoms with Crippen LogP contribution in [0.1, 0.15) is 23.7 Å². The Balaban J connectivity index is 1.52. The molecule has 0 saturated carbocycles. The molecule has 2 saturated heterocycles. The van der Waals surface area contributed by atoms with Crippen LogP contribution in [0.15, 0.2) is 54.6 Å². The molecule has 0 unspecified atom stereocenters. The zero-order chi connectivity index (χ0) is 19.6. The predicted molar refractivity (Wildman–Crippen MR) is 106 cm³/mol. The van der Waals surface area contributed by atoms with E-state index in [0.717, 1.165) is 25.3 Å². The first kappa shape index (κ1) is 18.5. The molecule has 2 aliphatic heterocycles. The number of para-hydroxylation sites is 1. The first-order valence-corrected chi connectivity index (χ1v) is 9.67. The van der Waals surface area contributed by atoms with Crippen LogP contribution < -0.4 is 15.4 Å². The topological polar surface area (TPSA) is 70.7 Å². The van der Waals surface area contributed by atoms with E-state index in [1.54, 1.807) is 13.0 Å². The minimum Gasteiger partial charge on any atom is -0.457 e. The molecule has 2 amide bonds. The number of carbonyl (C=O) groups excluding carboxylic acids is 2. The summed E-state index contributed by atoms with van der Waals surface area (Å²) in [5.74, 6) is 1.51. The van der Waals surface area contributed by atoms with Crippen molar-refractivity contribution >= 4 is 11.8 Å². The number of benzene rings is 2. The highest BCUT2D eigenvalue weighted by atomic mass is 16.5. The standard InChI is InChI=1S/C22H25N3O3/c1-16(26)24-22-10-11-23-13-18(22)14-25(15-22)21(27)17-6-5-9-20(12-17)28-19-7-3-2-4-8-19/h2-9,12,18,23H,10-11,13-15H2,1H3,(H,24,26)/t18-,22-/m1/s1. The highest BCUT2D eigenvalue weighted by Crippen LogP contribution is 2.34. The van der Waals surface area contributed by atoms with Gasteiger partial charge in [-0.15, -0.1) is 0 Å². The molecule has 2 aliphatic rings. The summed E-state index contributed by atoms with van der Waals surface area (Å²) in [4.78, 5) is 26.8. The third-order valence-corrected chi connectivity index (χ3v) is 5.61. The monoisotopic (exact) mass is 379 g/mol. The molecule has 2 N–H and O–H groups in total. The van der Waals surface area contributed by atoms with Gasteiger partial charge in [0.25, 0.3) is 5.91 Å². The Morgan fingerprint density at radius 2 is 1.93 bits per heavy atom. The molecule has 6 nitrogen and oxygen atoms in total. The zero-order valence-electron chi connectivity index (χ0n) is 16.0. The average molecular weight is 379 g/mol. The third kappa shape index (κ3) is 3.73. The maximum atomic E-state index is 13.2. The maximum absolute atomic E-state index is 13.2. The molecule has 0 bridgehead atoms. The van der Waals surface area contributed by atoms with Gasteiger partial charge in [0.05, 0.1) is 5.54 Å². The van der Waals surface area contributed by atoms with E-state index in [-0.39, 0.29) is 23.3 Å². The van der Waals surface area contributed by atoms with Crippen molar-refractivity contribution in [3.63, 3.8) is 0 Å². The molecule has 2 heterocycles. The minimum atomic E-state index is -0.328. The van der Waals surface area contributed by atoms with Gasteiger partial charge in [0.1, 0.15) is 11.5 Å². The first-order chi connectivity index (χ1) is 13.6. The number of piperidine rings is 1. The number of hydrogen-bond donors (Lipinski definition) is 2. The van der Waals surface area contributed by atoms with Gasteiger partial charge in [-0.25, -0.2) is 0 Å². The van der Waals surface area contributed by atoms with Crippen LogP contribution in [0.5, 0.6) is 11.5 Å². The smallest absolute Gasteiger partial charge is 0.254 e. The van der Waals surface area contributed by atoms with Gasteiger partial charge in [-0.1, -0.05) is 24.3 Å². The lowest BCUT2D eigenvalue weighted by Gasteiger charge is -2.39. The van der Waals surface area contributed by atoms with E-state index in [9.17, 15) is 9.59 Å². The van der Waals surface area contributed by atoms with Crippen molar-refractivity contribution in [1.82, 2.24) is 15.5 Å². The Labute approximate surface area is 164 Å². The number of hydrogen-bond acceptors (Lipinski definition) is 4. The van der Waals surface area contributed by atoms with Crippen molar-refractivity contribution in [1.29, 1.82) is 0 Å². The molecule has 0 aliphatic carbocycles. The van der Waals surface area contributed by atoms with Crippen LogP contribution in [0, 0.1) is 5.92 Å². The zero-order valence-corrected chi connectivity index (χ0v) is 16.0. The van der Waals surface area contributed by atoms with Crippen molar-refractivity contribution in [3.05, 3.63) is 60.2 Å².